The molecule has 0 fully saturated rings. The Hall–Kier alpha value is -1.42. The molecule has 0 aliphatic heterocycles. The van der Waals surface area contributed by atoms with Crippen LogP contribution in [-0.2, 0) is 10.3 Å². The molecule has 2 rings (SSSR count). The molecule has 114 valence electrons. The van der Waals surface area contributed by atoms with E-state index >= 15 is 0 Å². The monoisotopic (exact) mass is 306 g/mol. The van der Waals surface area contributed by atoms with E-state index in [1.165, 1.54) is 0 Å². The van der Waals surface area contributed by atoms with Crippen molar-refractivity contribution < 1.29 is 4.74 Å². The van der Waals surface area contributed by atoms with Crippen molar-refractivity contribution in [2.24, 2.45) is 0 Å². The Morgan fingerprint density at radius 3 is 2.29 bits per heavy atom. The van der Waals surface area contributed by atoms with Crippen LogP contribution in [0.4, 0.5) is 0 Å². The summed E-state index contributed by atoms with van der Waals surface area (Å²) in [5.41, 5.74) is 1.54. The quantitative estimate of drug-likeness (QED) is 0.818. The van der Waals surface area contributed by atoms with Gasteiger partial charge in [-0.1, -0.05) is 36.4 Å². The summed E-state index contributed by atoms with van der Waals surface area (Å²) in [6, 6.07) is 16.2. The van der Waals surface area contributed by atoms with Gasteiger partial charge in [0.05, 0.1) is 12.3 Å². The number of pyridine rings is 1. The maximum atomic E-state index is 6.21. The van der Waals surface area contributed by atoms with Crippen LogP contribution in [0.3, 0.4) is 0 Å². The lowest BCUT2D eigenvalue weighted by Gasteiger charge is -2.30. The fourth-order valence-corrected chi connectivity index (χ4v) is 2.14. The zero-order chi connectivity index (χ0) is 14.4. The van der Waals surface area contributed by atoms with Gasteiger partial charge in [-0.2, -0.15) is 0 Å². The predicted octanol–water partition coefficient (Wildman–Crippen LogP) is 3.35. The Kier molecular flexibility index (Phi) is 6.82. The summed E-state index contributed by atoms with van der Waals surface area (Å²) in [5, 5.41) is 0. The van der Waals surface area contributed by atoms with E-state index in [0.29, 0.717) is 6.61 Å². The van der Waals surface area contributed by atoms with Crippen LogP contribution in [0.5, 0.6) is 0 Å². The molecule has 0 amide bonds. The molecule has 0 saturated heterocycles. The first kappa shape index (κ1) is 17.6. The molecule has 0 radical (unpaired) electrons. The van der Waals surface area contributed by atoms with Crippen LogP contribution in [0.2, 0.25) is 0 Å². The molecule has 1 aromatic heterocycles. The second-order valence-electron chi connectivity index (χ2n) is 5.27. The normalized spacial score (nSPS) is 13.5. The summed E-state index contributed by atoms with van der Waals surface area (Å²) in [4.78, 5) is 6.60. The Morgan fingerprint density at radius 1 is 1.05 bits per heavy atom. The van der Waals surface area contributed by atoms with Crippen molar-refractivity contribution in [1.82, 2.24) is 9.88 Å². The molecular formula is C17H23ClN2O. The van der Waals surface area contributed by atoms with Crippen LogP contribution in [0.25, 0.3) is 0 Å². The van der Waals surface area contributed by atoms with Gasteiger partial charge < -0.3 is 9.64 Å². The van der Waals surface area contributed by atoms with Crippen LogP contribution in [-0.4, -0.2) is 37.1 Å². The lowest BCUT2D eigenvalue weighted by molar-refractivity contribution is -0.0131. The lowest BCUT2D eigenvalue weighted by atomic mass is 9.91. The Labute approximate surface area is 133 Å². The Balaban J connectivity index is 0.00000220. The van der Waals surface area contributed by atoms with E-state index in [1.54, 1.807) is 0 Å². The minimum Gasteiger partial charge on any atom is -0.363 e. The third-order valence-electron chi connectivity index (χ3n) is 3.41. The van der Waals surface area contributed by atoms with Gasteiger partial charge in [-0.15, -0.1) is 12.4 Å². The number of hydrogen-bond donors (Lipinski definition) is 0. The summed E-state index contributed by atoms with van der Waals surface area (Å²) in [6.07, 6.45) is 1.81. The SMILES string of the molecule is CN(C)CCOC(C)(c1ccccc1)c1ccccn1.Cl. The first-order chi connectivity index (χ1) is 9.63. The number of nitrogens with zero attached hydrogens (tertiary/aromatic N) is 2. The molecule has 3 nitrogen and oxygen atoms in total. The molecule has 1 aromatic carbocycles. The second-order valence-corrected chi connectivity index (χ2v) is 5.27. The first-order valence-corrected chi connectivity index (χ1v) is 6.88. The molecule has 4 heteroatoms. The molecule has 0 saturated carbocycles. The summed E-state index contributed by atoms with van der Waals surface area (Å²) in [5.74, 6) is 0. The Morgan fingerprint density at radius 2 is 1.71 bits per heavy atom. The maximum Gasteiger partial charge on any atom is 0.132 e. The van der Waals surface area contributed by atoms with Crippen molar-refractivity contribution in [3.05, 3.63) is 66.0 Å². The molecule has 2 aromatic rings. The van der Waals surface area contributed by atoms with Gasteiger partial charge in [0.25, 0.3) is 0 Å². The number of hydrogen-bond acceptors (Lipinski definition) is 3. The highest BCUT2D eigenvalue weighted by molar-refractivity contribution is 5.85. The molecule has 0 N–H and O–H groups in total. The van der Waals surface area contributed by atoms with E-state index in [-0.39, 0.29) is 12.4 Å². The van der Waals surface area contributed by atoms with E-state index in [2.05, 4.69) is 28.9 Å². The first-order valence-electron chi connectivity index (χ1n) is 6.88. The van der Waals surface area contributed by atoms with Gasteiger partial charge in [-0.05, 0) is 38.7 Å². The molecule has 1 unspecified atom stereocenters. The van der Waals surface area contributed by atoms with Crippen molar-refractivity contribution >= 4 is 12.4 Å². The standard InChI is InChI=1S/C17H22N2O.ClH/c1-17(20-14-13-19(2)3,15-9-5-4-6-10-15)16-11-7-8-12-18-16;/h4-12H,13-14H2,1-3H3;1H. The summed E-state index contributed by atoms with van der Waals surface area (Å²) in [6.45, 7) is 3.63. The molecular weight excluding hydrogens is 284 g/mol. The fourth-order valence-electron chi connectivity index (χ4n) is 2.14. The highest BCUT2D eigenvalue weighted by atomic mass is 35.5. The Bertz CT molecular complexity index is 477. The highest BCUT2D eigenvalue weighted by Gasteiger charge is 2.31. The predicted molar refractivity (Wildman–Crippen MR) is 88.9 cm³/mol. The fraction of sp³-hybridized carbons (Fsp3) is 0.353. The zero-order valence-corrected chi connectivity index (χ0v) is 13.6. The average molecular weight is 307 g/mol. The number of benzene rings is 1. The van der Waals surface area contributed by atoms with Crippen molar-refractivity contribution in [3.63, 3.8) is 0 Å². The second kappa shape index (κ2) is 8.13. The van der Waals surface area contributed by atoms with E-state index < -0.39 is 5.60 Å². The summed E-state index contributed by atoms with van der Waals surface area (Å²) >= 11 is 0. The molecule has 0 spiro atoms. The molecule has 0 aliphatic carbocycles. The van der Waals surface area contributed by atoms with E-state index in [9.17, 15) is 0 Å². The van der Waals surface area contributed by atoms with Gasteiger partial charge in [0.1, 0.15) is 5.60 Å². The summed E-state index contributed by atoms with van der Waals surface area (Å²) in [7, 11) is 4.09. The summed E-state index contributed by atoms with van der Waals surface area (Å²) < 4.78 is 6.21. The minimum absolute atomic E-state index is 0. The minimum atomic E-state index is -0.515. The zero-order valence-electron chi connectivity index (χ0n) is 12.8. The molecule has 21 heavy (non-hydrogen) atoms. The molecule has 1 heterocycles. The van der Waals surface area contributed by atoms with Crippen molar-refractivity contribution in [3.8, 4) is 0 Å². The van der Waals surface area contributed by atoms with Crippen LogP contribution in [0.1, 0.15) is 18.2 Å². The molecule has 1 atom stereocenters. The van der Waals surface area contributed by atoms with Crippen LogP contribution in [0.15, 0.2) is 54.7 Å². The highest BCUT2D eigenvalue weighted by Crippen LogP contribution is 2.31. The number of likely N-dealkylation sites (N-methyl/N-ethyl adjacent to an activating group) is 1. The van der Waals surface area contributed by atoms with Crippen molar-refractivity contribution in [2.75, 3.05) is 27.2 Å². The number of aromatic nitrogens is 1. The van der Waals surface area contributed by atoms with Gasteiger partial charge in [-0.3, -0.25) is 4.98 Å². The van der Waals surface area contributed by atoms with E-state index in [4.69, 9.17) is 4.74 Å². The van der Waals surface area contributed by atoms with Gasteiger partial charge in [0.2, 0.25) is 0 Å². The van der Waals surface area contributed by atoms with Gasteiger partial charge in [-0.25, -0.2) is 0 Å². The van der Waals surface area contributed by atoms with Crippen LogP contribution in [0, 0.1) is 0 Å². The van der Waals surface area contributed by atoms with Gasteiger partial charge >= 0.3 is 0 Å². The van der Waals surface area contributed by atoms with Crippen LogP contribution >= 0.6 is 12.4 Å². The third-order valence-corrected chi connectivity index (χ3v) is 3.41. The molecule has 0 bridgehead atoms. The largest absolute Gasteiger partial charge is 0.363 e. The average Bonchev–Trinajstić information content (AvgIpc) is 2.48. The number of ether oxygens (including phenoxy) is 1. The van der Waals surface area contributed by atoms with E-state index in [1.807, 2.05) is 56.7 Å². The van der Waals surface area contributed by atoms with Gasteiger partial charge in [0, 0.05) is 12.7 Å². The molecule has 0 aliphatic rings. The topological polar surface area (TPSA) is 25.4 Å². The smallest absolute Gasteiger partial charge is 0.132 e. The number of halogens is 1. The van der Waals surface area contributed by atoms with Crippen molar-refractivity contribution in [2.45, 2.75) is 12.5 Å². The lowest BCUT2D eigenvalue weighted by Crippen LogP contribution is -2.32. The van der Waals surface area contributed by atoms with Crippen molar-refractivity contribution in [1.29, 1.82) is 0 Å². The number of rotatable bonds is 6. The van der Waals surface area contributed by atoms with Crippen LogP contribution < -0.4 is 0 Å². The third kappa shape index (κ3) is 4.53. The van der Waals surface area contributed by atoms with Gasteiger partial charge in [0.15, 0.2) is 0 Å². The maximum absolute atomic E-state index is 6.21. The van der Waals surface area contributed by atoms with E-state index in [0.717, 1.165) is 17.8 Å².